The number of benzene rings is 1. The standard InChI is InChI=1S/C16H27NO2/c1-4-12-18-13-11-15(17-5-2)14-9-7-8-10-16(14)19-6-3/h7-10,15,17H,4-6,11-13H2,1-3H3. The van der Waals surface area contributed by atoms with E-state index in [1.54, 1.807) is 0 Å². The molecule has 0 amide bonds. The number of para-hydroxylation sites is 1. The van der Waals surface area contributed by atoms with Crippen LogP contribution in [0.3, 0.4) is 0 Å². The van der Waals surface area contributed by atoms with Crippen LogP contribution in [0.5, 0.6) is 5.75 Å². The fraction of sp³-hybridized carbons (Fsp3) is 0.625. The lowest BCUT2D eigenvalue weighted by atomic mass is 10.0. The highest BCUT2D eigenvalue weighted by atomic mass is 16.5. The molecule has 0 aliphatic rings. The zero-order valence-electron chi connectivity index (χ0n) is 12.4. The molecule has 19 heavy (non-hydrogen) atoms. The lowest BCUT2D eigenvalue weighted by Crippen LogP contribution is -2.23. The zero-order chi connectivity index (χ0) is 13.9. The van der Waals surface area contributed by atoms with Gasteiger partial charge in [0.15, 0.2) is 0 Å². The number of hydrogen-bond donors (Lipinski definition) is 1. The summed E-state index contributed by atoms with van der Waals surface area (Å²) in [5, 5.41) is 3.51. The molecule has 3 nitrogen and oxygen atoms in total. The van der Waals surface area contributed by atoms with Crippen LogP contribution in [-0.4, -0.2) is 26.4 Å². The van der Waals surface area contributed by atoms with Crippen LogP contribution < -0.4 is 10.1 Å². The van der Waals surface area contributed by atoms with Crippen LogP contribution in [0.15, 0.2) is 24.3 Å². The van der Waals surface area contributed by atoms with E-state index in [0.717, 1.165) is 38.3 Å². The highest BCUT2D eigenvalue weighted by molar-refractivity contribution is 5.36. The average molecular weight is 265 g/mol. The van der Waals surface area contributed by atoms with Crippen LogP contribution in [0.1, 0.15) is 45.2 Å². The molecule has 1 N–H and O–H groups in total. The number of nitrogens with one attached hydrogen (secondary N) is 1. The van der Waals surface area contributed by atoms with Gasteiger partial charge in [0, 0.05) is 24.8 Å². The van der Waals surface area contributed by atoms with Gasteiger partial charge in [0.2, 0.25) is 0 Å². The second kappa shape index (κ2) is 9.82. The molecule has 0 aliphatic heterocycles. The van der Waals surface area contributed by atoms with Crippen LogP contribution in [0, 0.1) is 0 Å². The lowest BCUT2D eigenvalue weighted by molar-refractivity contribution is 0.124. The van der Waals surface area contributed by atoms with Crippen LogP contribution in [-0.2, 0) is 4.74 Å². The van der Waals surface area contributed by atoms with Crippen molar-refractivity contribution in [2.45, 2.75) is 39.7 Å². The van der Waals surface area contributed by atoms with E-state index in [1.807, 2.05) is 19.1 Å². The number of ether oxygens (including phenoxy) is 2. The summed E-state index contributed by atoms with van der Waals surface area (Å²) in [5.74, 6) is 0.978. The summed E-state index contributed by atoms with van der Waals surface area (Å²) in [5.41, 5.74) is 1.23. The summed E-state index contributed by atoms with van der Waals surface area (Å²) in [6.45, 7) is 9.54. The van der Waals surface area contributed by atoms with Crippen molar-refractivity contribution in [2.24, 2.45) is 0 Å². The van der Waals surface area contributed by atoms with Crippen molar-refractivity contribution >= 4 is 0 Å². The van der Waals surface area contributed by atoms with Gasteiger partial charge in [0.1, 0.15) is 5.75 Å². The molecule has 0 aliphatic carbocycles. The maximum atomic E-state index is 5.71. The summed E-state index contributed by atoms with van der Waals surface area (Å²) < 4.78 is 11.3. The van der Waals surface area contributed by atoms with Crippen molar-refractivity contribution < 1.29 is 9.47 Å². The van der Waals surface area contributed by atoms with Crippen molar-refractivity contribution in [1.82, 2.24) is 5.32 Å². The lowest BCUT2D eigenvalue weighted by Gasteiger charge is -2.21. The second-order valence-corrected chi connectivity index (χ2v) is 4.48. The van der Waals surface area contributed by atoms with Gasteiger partial charge in [-0.3, -0.25) is 0 Å². The highest BCUT2D eigenvalue weighted by Crippen LogP contribution is 2.27. The fourth-order valence-corrected chi connectivity index (χ4v) is 2.12. The molecule has 0 saturated heterocycles. The molecule has 0 heterocycles. The molecule has 1 atom stereocenters. The molecule has 3 heteroatoms. The minimum atomic E-state index is 0.296. The third kappa shape index (κ3) is 5.62. The Balaban J connectivity index is 2.68. The summed E-state index contributed by atoms with van der Waals surface area (Å²) in [7, 11) is 0. The van der Waals surface area contributed by atoms with E-state index < -0.39 is 0 Å². The van der Waals surface area contributed by atoms with Gasteiger partial charge in [-0.05, 0) is 32.4 Å². The van der Waals surface area contributed by atoms with Gasteiger partial charge < -0.3 is 14.8 Å². The molecular weight excluding hydrogens is 238 g/mol. The molecule has 1 aromatic carbocycles. The van der Waals surface area contributed by atoms with Gasteiger partial charge in [-0.25, -0.2) is 0 Å². The Morgan fingerprint density at radius 2 is 1.89 bits per heavy atom. The Morgan fingerprint density at radius 3 is 2.58 bits per heavy atom. The number of rotatable bonds is 10. The molecule has 0 radical (unpaired) electrons. The van der Waals surface area contributed by atoms with Crippen molar-refractivity contribution in [3.63, 3.8) is 0 Å². The van der Waals surface area contributed by atoms with Crippen molar-refractivity contribution in [3.8, 4) is 5.75 Å². The van der Waals surface area contributed by atoms with Gasteiger partial charge in [-0.15, -0.1) is 0 Å². The van der Waals surface area contributed by atoms with E-state index in [0.29, 0.717) is 12.6 Å². The Morgan fingerprint density at radius 1 is 1.11 bits per heavy atom. The first-order chi connectivity index (χ1) is 9.33. The maximum absolute atomic E-state index is 5.71. The third-order valence-corrected chi connectivity index (χ3v) is 2.94. The Labute approximate surface area is 117 Å². The van der Waals surface area contributed by atoms with Gasteiger partial charge in [0.05, 0.1) is 6.61 Å². The zero-order valence-corrected chi connectivity index (χ0v) is 12.4. The van der Waals surface area contributed by atoms with E-state index in [2.05, 4.69) is 31.3 Å². The number of hydrogen-bond acceptors (Lipinski definition) is 3. The van der Waals surface area contributed by atoms with E-state index >= 15 is 0 Å². The summed E-state index contributed by atoms with van der Waals surface area (Å²) in [6, 6.07) is 8.55. The molecular formula is C16H27NO2. The predicted octanol–water partition coefficient (Wildman–Crippen LogP) is 3.55. The van der Waals surface area contributed by atoms with Crippen LogP contribution in [0.4, 0.5) is 0 Å². The van der Waals surface area contributed by atoms with Crippen molar-refractivity contribution in [2.75, 3.05) is 26.4 Å². The minimum Gasteiger partial charge on any atom is -0.494 e. The second-order valence-electron chi connectivity index (χ2n) is 4.48. The highest BCUT2D eigenvalue weighted by Gasteiger charge is 2.14. The van der Waals surface area contributed by atoms with Crippen LogP contribution >= 0.6 is 0 Å². The SMILES string of the molecule is CCCOCCC(NCC)c1ccccc1OCC. The van der Waals surface area contributed by atoms with Crippen LogP contribution in [0.2, 0.25) is 0 Å². The molecule has 0 saturated carbocycles. The Hall–Kier alpha value is -1.06. The first-order valence-corrected chi connectivity index (χ1v) is 7.36. The topological polar surface area (TPSA) is 30.5 Å². The first-order valence-electron chi connectivity index (χ1n) is 7.36. The monoisotopic (exact) mass is 265 g/mol. The van der Waals surface area contributed by atoms with E-state index in [4.69, 9.17) is 9.47 Å². The van der Waals surface area contributed by atoms with E-state index in [-0.39, 0.29) is 0 Å². The predicted molar refractivity (Wildman–Crippen MR) is 79.8 cm³/mol. The smallest absolute Gasteiger partial charge is 0.124 e. The minimum absolute atomic E-state index is 0.296. The molecule has 108 valence electrons. The Bertz CT molecular complexity index is 341. The molecule has 1 rings (SSSR count). The summed E-state index contributed by atoms with van der Waals surface area (Å²) in [6.07, 6.45) is 2.04. The van der Waals surface area contributed by atoms with E-state index in [9.17, 15) is 0 Å². The third-order valence-electron chi connectivity index (χ3n) is 2.94. The molecule has 0 fully saturated rings. The Kier molecular flexibility index (Phi) is 8.26. The molecule has 1 unspecified atom stereocenters. The first kappa shape index (κ1) is 16.0. The van der Waals surface area contributed by atoms with Crippen molar-refractivity contribution in [1.29, 1.82) is 0 Å². The van der Waals surface area contributed by atoms with Gasteiger partial charge in [0.25, 0.3) is 0 Å². The van der Waals surface area contributed by atoms with Gasteiger partial charge in [-0.1, -0.05) is 32.0 Å². The quantitative estimate of drug-likeness (QED) is 0.656. The van der Waals surface area contributed by atoms with Crippen molar-refractivity contribution in [3.05, 3.63) is 29.8 Å². The molecule has 0 spiro atoms. The molecule has 0 bridgehead atoms. The van der Waals surface area contributed by atoms with Gasteiger partial charge >= 0.3 is 0 Å². The summed E-state index contributed by atoms with van der Waals surface area (Å²) in [4.78, 5) is 0. The largest absolute Gasteiger partial charge is 0.494 e. The fourth-order valence-electron chi connectivity index (χ4n) is 2.12. The van der Waals surface area contributed by atoms with E-state index in [1.165, 1.54) is 5.56 Å². The average Bonchev–Trinajstić information content (AvgIpc) is 2.43. The summed E-state index contributed by atoms with van der Waals surface area (Å²) >= 11 is 0. The molecule has 0 aromatic heterocycles. The van der Waals surface area contributed by atoms with Crippen LogP contribution in [0.25, 0.3) is 0 Å². The van der Waals surface area contributed by atoms with Gasteiger partial charge in [-0.2, -0.15) is 0 Å². The normalized spacial score (nSPS) is 12.4. The molecule has 1 aromatic rings. The maximum Gasteiger partial charge on any atom is 0.124 e.